The number of halogens is 18. The molecule has 11 rings (SSSR count). The third kappa shape index (κ3) is 43.4. The predicted molar refractivity (Wildman–Crippen MR) is 524 cm³/mol. The van der Waals surface area contributed by atoms with E-state index in [1.54, 1.807) is 135 Å². The number of aliphatic carboxylic acids is 1. The van der Waals surface area contributed by atoms with Crippen molar-refractivity contribution in [2.75, 3.05) is 53.0 Å². The third-order valence-electron chi connectivity index (χ3n) is 15.4. The average molecular weight is 2130 g/mol. The van der Waals surface area contributed by atoms with Crippen molar-refractivity contribution in [1.29, 1.82) is 5.39 Å². The Morgan fingerprint density at radius 1 is 0.528 bits per heavy atom. The summed E-state index contributed by atoms with van der Waals surface area (Å²) >= 11 is 86.6. The number of hydrogen-bond acceptors (Lipinski definition) is 22. The Hall–Kier alpha value is -6.83. The van der Waals surface area contributed by atoms with Crippen molar-refractivity contribution in [3.05, 3.63) is 288 Å². The summed E-state index contributed by atoms with van der Waals surface area (Å²) in [5.74, 6) is -4.43. The molecule has 0 bridgehead atoms. The minimum Gasteiger partial charge on any atom is -0.870 e. The molecule has 676 valence electrons. The van der Waals surface area contributed by atoms with Gasteiger partial charge < -0.3 is 35.3 Å². The largest absolute Gasteiger partial charge is 1.00 e. The van der Waals surface area contributed by atoms with Gasteiger partial charge in [-0.1, -0.05) is 266 Å². The van der Waals surface area contributed by atoms with Crippen LogP contribution in [-0.4, -0.2) is 116 Å². The number of carbonyl (C=O) groups is 6. The average Bonchev–Trinajstić information content (AvgIpc) is 1.63. The minimum absolute atomic E-state index is 0. The quantitative estimate of drug-likeness (QED) is 0.00558. The first-order chi connectivity index (χ1) is 58.8. The van der Waals surface area contributed by atoms with Crippen molar-refractivity contribution < 1.29 is 92.1 Å². The van der Waals surface area contributed by atoms with Crippen LogP contribution >= 0.6 is 208 Å². The normalized spacial score (nSPS) is 13.9. The summed E-state index contributed by atoms with van der Waals surface area (Å²) in [5, 5.41) is 41.3. The van der Waals surface area contributed by atoms with E-state index >= 15 is 0 Å². The number of ether oxygens (including phenoxy) is 4. The second kappa shape index (κ2) is 64.9. The Labute approximate surface area is 849 Å². The number of hydrogen-bond donors (Lipinski definition) is 4. The van der Waals surface area contributed by atoms with Gasteiger partial charge in [0.15, 0.2) is 27.6 Å². The predicted octanol–water partition coefficient (Wildman–Crippen LogP) is 24.2. The van der Waals surface area contributed by atoms with Gasteiger partial charge in [-0.25, -0.2) is 28.2 Å². The maximum atomic E-state index is 12.5. The monoisotopic (exact) mass is 2120 g/mol. The van der Waals surface area contributed by atoms with E-state index in [0.29, 0.717) is 107 Å². The van der Waals surface area contributed by atoms with Gasteiger partial charge in [-0.2, -0.15) is 20.4 Å². The molecule has 1 unspecified atom stereocenters. The summed E-state index contributed by atoms with van der Waals surface area (Å²) in [5.41, 5.74) is 17.4. The number of nitrogens with zero attached hydrogens (tertiary/aromatic N) is 8. The van der Waals surface area contributed by atoms with Gasteiger partial charge in [0, 0.05) is 57.6 Å². The van der Waals surface area contributed by atoms with Crippen molar-refractivity contribution in [3.8, 4) is 0 Å². The van der Waals surface area contributed by atoms with Crippen LogP contribution in [0.1, 0.15) is 83.9 Å². The van der Waals surface area contributed by atoms with Gasteiger partial charge in [-0.15, -0.1) is 24.0 Å². The van der Waals surface area contributed by atoms with Gasteiger partial charge in [0.25, 0.3) is 0 Å². The molecule has 44 heteroatoms. The van der Waals surface area contributed by atoms with E-state index in [1.165, 1.54) is 24.6 Å². The van der Waals surface area contributed by atoms with Gasteiger partial charge in [-0.3, -0.25) is 25.7 Å². The Morgan fingerprint density at radius 2 is 0.866 bits per heavy atom. The number of rotatable bonds is 19. The van der Waals surface area contributed by atoms with Crippen LogP contribution in [0.5, 0.6) is 0 Å². The molecule has 2 aliphatic heterocycles. The van der Waals surface area contributed by atoms with Crippen LogP contribution in [0, 0.1) is 5.39 Å². The molecule has 0 saturated heterocycles. The van der Waals surface area contributed by atoms with Gasteiger partial charge >= 0.3 is 65.1 Å². The number of carboxylic acid groups (broad SMARTS) is 1. The molecule has 127 heavy (non-hydrogen) atoms. The number of ketones is 1. The van der Waals surface area contributed by atoms with Gasteiger partial charge in [0.2, 0.25) is 25.0 Å². The standard InChI is InChI=1S/C19H18Cl2N2O2.C17H14Cl2N2O2.2C10H9Cl3N2O2.C9H10.C6H3Cl2N2.C6H5Cl2N.C6H9ClO3.Cl2OS.ClH.Na.H2O/c1-3-25-19(24)18-17(13-7-5-4-6-8-13)12(2)23(22-18)16-10-9-14(20)11-15(16)21;1-10-15(11-5-3-2-4-6-11)16(17(22)23)20-21(10)14-8-7-12(18)9-13(14)19;2*1-2-17-10(16)9(13)15-14-8-4-3-6(11)5-7(8)12;1-2-6-9-7-4-3-5-8-9;7-4-1-2-6(10-9)5(8)3-4;7-4-1-2-6(9)5(8)3-4;1-3-10-6(9)5(7)4(2)8;1-4(2)3;;;/h4-12,17H,3H2,1-2H3;2-10,15H,1H3,(H,22,23);2*3-5,14H,2H2,1H3;2-8H,1H3;1-3H;1-3H,9H2;5H,3H2,1-2H3;;1H;;1H2/q;;;;;+1;;;;;+1;/p-1/b;;2*15-9-;6-2+;;;;;;;/t12-,17+;10-,15+;;;;;;;;;;/m11........../s1. The number of hydrazone groups is 4. The van der Waals surface area contributed by atoms with E-state index in [2.05, 4.69) is 90.0 Å². The first-order valence-corrected chi connectivity index (χ1v) is 44.4. The first kappa shape index (κ1) is 120. The molecule has 2 aliphatic rings. The molecule has 0 aromatic heterocycles. The topological polar surface area (TPSA) is 341 Å². The van der Waals surface area contributed by atoms with Gasteiger partial charge in [0.1, 0.15) is 5.02 Å². The van der Waals surface area contributed by atoms with E-state index in [9.17, 15) is 33.9 Å². The molecule has 9 aromatic rings. The van der Waals surface area contributed by atoms with E-state index in [1.807, 2.05) is 106 Å². The van der Waals surface area contributed by atoms with Crippen LogP contribution in [-0.2, 0) is 56.9 Å². The summed E-state index contributed by atoms with van der Waals surface area (Å²) in [6, 6.07) is 58.8. The van der Waals surface area contributed by atoms with Crippen LogP contribution in [0.25, 0.3) is 11.1 Å². The SMILES string of the molecule is C/C=C/c1ccccc1.CCOC(=O)/C(Cl)=N/Nc1ccc(Cl)cc1Cl.CCOC(=O)/C(Cl)=N/Nc1ccc(Cl)cc1Cl.CCOC(=O)C(Cl)C(C)=O.CCOC(=O)C1=NN(c2ccc(Cl)cc2Cl)[C@H](C)[C@H]1c1ccccc1.C[C@@H]1[C@@H](c2ccccc2)C(C(=O)O)=NN1c1ccc(Cl)cc1Cl.Cl.N#[N+]c1ccc(Cl)cc1Cl.Nc1ccc(Cl)cc1Cl.O=S(Cl)Cl.[Na+].[OH-]. The summed E-state index contributed by atoms with van der Waals surface area (Å²) < 4.78 is 28.1. The zero-order valence-electron chi connectivity index (χ0n) is 68.2. The van der Waals surface area contributed by atoms with Gasteiger partial charge in [-0.05, 0) is 175 Å². The Balaban J connectivity index is 0.00000145. The molecule has 0 saturated carbocycles. The molecule has 9 aromatic carbocycles. The van der Waals surface area contributed by atoms with Crippen LogP contribution in [0.2, 0.25) is 60.3 Å². The van der Waals surface area contributed by atoms with Crippen LogP contribution in [0.15, 0.2) is 227 Å². The molecule has 2 heterocycles. The number of Topliss-reactive ketones (excluding diaryl/α,β-unsaturated/α-hetero) is 1. The fraction of sp³-hybridized carbons (Fsp3) is 0.205. The number of alkyl halides is 1. The third-order valence-corrected chi connectivity index (χ3v) is 19.6. The molecule has 24 nitrogen and oxygen atoms in total. The molecule has 0 amide bonds. The van der Waals surface area contributed by atoms with Crippen molar-refractivity contribution in [3.63, 3.8) is 0 Å². The van der Waals surface area contributed by atoms with Crippen molar-refractivity contribution in [2.45, 2.75) is 84.7 Å². The summed E-state index contributed by atoms with van der Waals surface area (Å²) in [7, 11) is 7.36. The molecular weight excluding hydrogens is 2050 g/mol. The number of nitrogens with one attached hydrogen (secondary N) is 2. The van der Waals surface area contributed by atoms with Crippen LogP contribution in [0.3, 0.4) is 0 Å². The van der Waals surface area contributed by atoms with E-state index in [-0.39, 0.29) is 113 Å². The zero-order valence-corrected chi connectivity index (χ0v) is 84.7. The molecule has 0 spiro atoms. The second-order valence-corrected chi connectivity index (χ2v) is 32.8. The number of anilines is 5. The Bertz CT molecular complexity index is 5190. The molecule has 0 aliphatic carbocycles. The fourth-order valence-electron chi connectivity index (χ4n) is 9.95. The Kier molecular flexibility index (Phi) is 61.4. The van der Waals surface area contributed by atoms with Crippen molar-refractivity contribution >= 4 is 315 Å². The molecule has 0 radical (unpaired) electrons. The number of allylic oxidation sites excluding steroid dienone is 1. The summed E-state index contributed by atoms with van der Waals surface area (Å²) in [6.45, 7) is 15.0. The van der Waals surface area contributed by atoms with Gasteiger partial charge in [0.05, 0.1) is 104 Å². The smallest absolute Gasteiger partial charge is 0.870 e. The number of esters is 4. The summed E-state index contributed by atoms with van der Waals surface area (Å²) in [6.07, 6.45) is 4.12. The molecular formula is C83H79Cl18N11NaO13S+. The van der Waals surface area contributed by atoms with E-state index in [0.717, 1.165) is 11.1 Å². The second-order valence-electron chi connectivity index (χ2n) is 24.0. The Morgan fingerprint density at radius 3 is 1.20 bits per heavy atom. The van der Waals surface area contributed by atoms with Crippen LogP contribution in [0.4, 0.5) is 34.1 Å². The van der Waals surface area contributed by atoms with E-state index < -0.39 is 44.5 Å². The molecule has 6 N–H and O–H groups in total. The van der Waals surface area contributed by atoms with Crippen molar-refractivity contribution in [1.82, 2.24) is 0 Å². The van der Waals surface area contributed by atoms with E-state index in [4.69, 9.17) is 194 Å². The minimum atomic E-state index is -1.67. The number of benzene rings is 9. The number of carboxylic acids is 1. The maximum Gasteiger partial charge on any atom is 1.00 e. The van der Waals surface area contributed by atoms with Crippen molar-refractivity contribution in [2.24, 2.45) is 20.4 Å². The number of diazo groups is 1. The molecule has 5 atom stereocenters. The first-order valence-electron chi connectivity index (χ1n) is 35.9. The number of nitrogen functional groups attached to an aromatic ring is 1. The summed E-state index contributed by atoms with van der Waals surface area (Å²) in [4.78, 5) is 70.3. The number of nitrogens with two attached hydrogens (primary N) is 1. The molecule has 0 fully saturated rings. The fourth-order valence-corrected chi connectivity index (χ4v) is 13.0. The number of carbonyl (C=O) groups excluding carboxylic acids is 5. The maximum absolute atomic E-state index is 12.5. The van der Waals surface area contributed by atoms with Crippen LogP contribution < -0.4 is 56.2 Å². The zero-order chi connectivity index (χ0) is 92.9.